The third-order valence-corrected chi connectivity index (χ3v) is 3.27. The van der Waals surface area contributed by atoms with Crippen molar-refractivity contribution in [3.63, 3.8) is 0 Å². The van der Waals surface area contributed by atoms with E-state index in [1.54, 1.807) is 12.1 Å². The van der Waals surface area contributed by atoms with Gasteiger partial charge in [0.2, 0.25) is 0 Å². The fraction of sp³-hybridized carbons (Fsp3) is 0.600. The Balaban J connectivity index is 2.31. The van der Waals surface area contributed by atoms with Crippen LogP contribution in [0.4, 0.5) is 5.69 Å². The molecule has 4 nitrogen and oxygen atoms in total. The van der Waals surface area contributed by atoms with Gasteiger partial charge >= 0.3 is 0 Å². The van der Waals surface area contributed by atoms with Crippen LogP contribution in [-0.2, 0) is 6.54 Å². The quantitative estimate of drug-likeness (QED) is 0.416. The Labute approximate surface area is 115 Å². The summed E-state index contributed by atoms with van der Waals surface area (Å²) in [6, 6.07) is 7.27. The van der Waals surface area contributed by atoms with Crippen molar-refractivity contribution >= 4 is 5.69 Å². The molecule has 1 aromatic rings. The van der Waals surface area contributed by atoms with Gasteiger partial charge in [0.1, 0.15) is 0 Å². The molecule has 0 radical (unpaired) electrons. The SMILES string of the molecule is CCCCCCC(C)NCc1cccc([N+](=O)[O-])c1. The number of nitro groups is 1. The normalized spacial score (nSPS) is 12.3. The summed E-state index contributed by atoms with van der Waals surface area (Å²) < 4.78 is 0. The highest BCUT2D eigenvalue weighted by molar-refractivity contribution is 5.34. The molecule has 0 aliphatic heterocycles. The molecule has 106 valence electrons. The molecule has 1 unspecified atom stereocenters. The number of hydrogen-bond donors (Lipinski definition) is 1. The first-order valence-electron chi connectivity index (χ1n) is 7.10. The van der Waals surface area contributed by atoms with Crippen LogP contribution in [0.1, 0.15) is 51.5 Å². The van der Waals surface area contributed by atoms with E-state index in [2.05, 4.69) is 19.2 Å². The second-order valence-electron chi connectivity index (χ2n) is 5.06. The monoisotopic (exact) mass is 264 g/mol. The van der Waals surface area contributed by atoms with Gasteiger partial charge in [0.05, 0.1) is 4.92 Å². The molecule has 0 spiro atoms. The second kappa shape index (κ2) is 8.64. The van der Waals surface area contributed by atoms with Crippen LogP contribution in [0.2, 0.25) is 0 Å². The van der Waals surface area contributed by atoms with Gasteiger partial charge < -0.3 is 5.32 Å². The molecule has 1 N–H and O–H groups in total. The fourth-order valence-corrected chi connectivity index (χ4v) is 2.05. The molecule has 0 heterocycles. The molecule has 1 rings (SSSR count). The summed E-state index contributed by atoms with van der Waals surface area (Å²) in [6.07, 6.45) is 6.26. The average molecular weight is 264 g/mol. The van der Waals surface area contributed by atoms with Gasteiger partial charge in [-0.2, -0.15) is 0 Å². The molecular weight excluding hydrogens is 240 g/mol. The van der Waals surface area contributed by atoms with Crippen molar-refractivity contribution in [1.29, 1.82) is 0 Å². The molecule has 19 heavy (non-hydrogen) atoms. The van der Waals surface area contributed by atoms with Gasteiger partial charge in [0.25, 0.3) is 5.69 Å². The van der Waals surface area contributed by atoms with Crippen LogP contribution in [-0.4, -0.2) is 11.0 Å². The Kier molecular flexibility index (Phi) is 7.11. The van der Waals surface area contributed by atoms with Gasteiger partial charge in [-0.3, -0.25) is 10.1 Å². The summed E-state index contributed by atoms with van der Waals surface area (Å²) in [4.78, 5) is 10.3. The molecule has 1 atom stereocenters. The predicted octanol–water partition coefficient (Wildman–Crippen LogP) is 4.04. The minimum Gasteiger partial charge on any atom is -0.310 e. The van der Waals surface area contributed by atoms with Gasteiger partial charge in [-0.15, -0.1) is 0 Å². The molecule has 0 aliphatic rings. The maximum Gasteiger partial charge on any atom is 0.269 e. The Morgan fingerprint density at radius 3 is 2.79 bits per heavy atom. The maximum absolute atomic E-state index is 10.7. The van der Waals surface area contributed by atoms with Crippen molar-refractivity contribution < 1.29 is 4.92 Å². The van der Waals surface area contributed by atoms with E-state index in [1.165, 1.54) is 31.7 Å². The number of unbranched alkanes of at least 4 members (excludes halogenated alkanes) is 3. The molecular formula is C15H24N2O2. The maximum atomic E-state index is 10.7. The summed E-state index contributed by atoms with van der Waals surface area (Å²) >= 11 is 0. The van der Waals surface area contributed by atoms with Crippen molar-refractivity contribution in [1.82, 2.24) is 5.32 Å². The van der Waals surface area contributed by atoms with Crippen LogP contribution in [0, 0.1) is 10.1 Å². The Morgan fingerprint density at radius 2 is 2.11 bits per heavy atom. The molecule has 4 heteroatoms. The highest BCUT2D eigenvalue weighted by Gasteiger charge is 2.06. The van der Waals surface area contributed by atoms with Crippen LogP contribution >= 0.6 is 0 Å². The number of nitrogens with one attached hydrogen (secondary N) is 1. The van der Waals surface area contributed by atoms with E-state index < -0.39 is 0 Å². The first-order chi connectivity index (χ1) is 9.13. The Hall–Kier alpha value is -1.42. The average Bonchev–Trinajstić information content (AvgIpc) is 2.41. The zero-order chi connectivity index (χ0) is 14.1. The minimum atomic E-state index is -0.350. The molecule has 0 fully saturated rings. The van der Waals surface area contributed by atoms with E-state index >= 15 is 0 Å². The first-order valence-corrected chi connectivity index (χ1v) is 7.10. The second-order valence-corrected chi connectivity index (χ2v) is 5.06. The number of nitrogens with zero attached hydrogens (tertiary/aromatic N) is 1. The van der Waals surface area contributed by atoms with Gasteiger partial charge in [0.15, 0.2) is 0 Å². The lowest BCUT2D eigenvalue weighted by Gasteiger charge is -2.13. The molecule has 0 aliphatic carbocycles. The van der Waals surface area contributed by atoms with Gasteiger partial charge in [-0.25, -0.2) is 0 Å². The molecule has 0 saturated heterocycles. The van der Waals surface area contributed by atoms with E-state index in [0.29, 0.717) is 12.6 Å². The molecule has 0 bridgehead atoms. The minimum absolute atomic E-state index is 0.162. The van der Waals surface area contributed by atoms with E-state index in [0.717, 1.165) is 12.0 Å². The summed E-state index contributed by atoms with van der Waals surface area (Å²) in [5, 5.41) is 14.1. The molecule has 0 saturated carbocycles. The smallest absolute Gasteiger partial charge is 0.269 e. The molecule has 0 amide bonds. The molecule has 0 aromatic heterocycles. The van der Waals surface area contributed by atoms with E-state index in [1.807, 2.05) is 6.07 Å². The standard InChI is InChI=1S/C15H24N2O2/c1-3-4-5-6-8-13(2)16-12-14-9-7-10-15(11-14)17(18)19/h7,9-11,13,16H,3-6,8,12H2,1-2H3. The predicted molar refractivity (Wildman–Crippen MR) is 78.2 cm³/mol. The number of hydrogen-bond acceptors (Lipinski definition) is 3. The van der Waals surface area contributed by atoms with Crippen LogP contribution < -0.4 is 5.32 Å². The van der Waals surface area contributed by atoms with E-state index in [-0.39, 0.29) is 10.6 Å². The fourth-order valence-electron chi connectivity index (χ4n) is 2.05. The third kappa shape index (κ3) is 6.34. The van der Waals surface area contributed by atoms with Gasteiger partial charge in [-0.1, -0.05) is 44.7 Å². The lowest BCUT2D eigenvalue weighted by Crippen LogP contribution is -2.25. The van der Waals surface area contributed by atoms with Crippen molar-refractivity contribution in [2.24, 2.45) is 0 Å². The Bertz CT molecular complexity index is 393. The lowest BCUT2D eigenvalue weighted by atomic mass is 10.1. The summed E-state index contributed by atoms with van der Waals surface area (Å²) in [6.45, 7) is 5.07. The van der Waals surface area contributed by atoms with Gasteiger partial charge in [0, 0.05) is 24.7 Å². The highest BCUT2D eigenvalue weighted by atomic mass is 16.6. The number of nitro benzene ring substituents is 1. The van der Waals surface area contributed by atoms with E-state index in [4.69, 9.17) is 0 Å². The van der Waals surface area contributed by atoms with Crippen molar-refractivity contribution in [2.75, 3.05) is 0 Å². The zero-order valence-corrected chi connectivity index (χ0v) is 11.9. The topological polar surface area (TPSA) is 55.2 Å². The number of non-ortho nitro benzene ring substituents is 1. The Morgan fingerprint density at radius 1 is 1.32 bits per heavy atom. The lowest BCUT2D eigenvalue weighted by molar-refractivity contribution is -0.384. The highest BCUT2D eigenvalue weighted by Crippen LogP contribution is 2.13. The zero-order valence-electron chi connectivity index (χ0n) is 11.9. The van der Waals surface area contributed by atoms with Crippen LogP contribution in [0.15, 0.2) is 24.3 Å². The summed E-state index contributed by atoms with van der Waals surface area (Å²) in [7, 11) is 0. The summed E-state index contributed by atoms with van der Waals surface area (Å²) in [5.74, 6) is 0. The third-order valence-electron chi connectivity index (χ3n) is 3.27. The number of benzene rings is 1. The van der Waals surface area contributed by atoms with Crippen molar-refractivity contribution in [2.45, 2.75) is 58.5 Å². The summed E-state index contributed by atoms with van der Waals surface area (Å²) in [5.41, 5.74) is 1.13. The van der Waals surface area contributed by atoms with Crippen LogP contribution in [0.25, 0.3) is 0 Å². The number of rotatable bonds is 9. The first kappa shape index (κ1) is 15.6. The van der Waals surface area contributed by atoms with Crippen molar-refractivity contribution in [3.8, 4) is 0 Å². The molecule has 1 aromatic carbocycles. The van der Waals surface area contributed by atoms with Crippen LogP contribution in [0.5, 0.6) is 0 Å². The van der Waals surface area contributed by atoms with Crippen molar-refractivity contribution in [3.05, 3.63) is 39.9 Å². The van der Waals surface area contributed by atoms with Gasteiger partial charge in [-0.05, 0) is 18.9 Å². The van der Waals surface area contributed by atoms with E-state index in [9.17, 15) is 10.1 Å². The van der Waals surface area contributed by atoms with Crippen LogP contribution in [0.3, 0.4) is 0 Å². The largest absolute Gasteiger partial charge is 0.310 e.